The molecule has 0 aliphatic carbocycles. The summed E-state index contributed by atoms with van der Waals surface area (Å²) in [4.78, 5) is 7.53. The van der Waals surface area contributed by atoms with E-state index < -0.39 is 0 Å². The van der Waals surface area contributed by atoms with Gasteiger partial charge in [0, 0.05) is 28.6 Å². The standard InChI is InChI=1S/C40H27N3/c1-26-11-3-2-10-22-42(29-20-21-31-28(23-29)19-18-27-12-4-5-13-30(27)31)38-25-39-35(24-34(26)38)32-14-6-7-15-33(32)40-41-36-16-8-9-17-37(36)43(39)40/h2-21,23-25H,1,22H2/b10-2-,11-3-. The predicted molar refractivity (Wildman–Crippen MR) is 183 cm³/mol. The number of rotatable bonds is 1. The molecule has 0 amide bonds. The lowest BCUT2D eigenvalue weighted by molar-refractivity contribution is 1.10. The number of imidazole rings is 1. The summed E-state index contributed by atoms with van der Waals surface area (Å²) in [6, 6.07) is 41.6. The van der Waals surface area contributed by atoms with Gasteiger partial charge in [-0.25, -0.2) is 4.98 Å². The van der Waals surface area contributed by atoms with E-state index in [0.717, 1.165) is 56.6 Å². The highest BCUT2D eigenvalue weighted by atomic mass is 15.1. The molecule has 8 aromatic rings. The van der Waals surface area contributed by atoms with Crippen molar-refractivity contribution in [2.45, 2.75) is 0 Å². The molecule has 0 saturated carbocycles. The molecule has 0 atom stereocenters. The van der Waals surface area contributed by atoms with Crippen LogP contribution in [-0.4, -0.2) is 15.9 Å². The van der Waals surface area contributed by atoms with Gasteiger partial charge in [0.25, 0.3) is 0 Å². The van der Waals surface area contributed by atoms with E-state index in [1.807, 2.05) is 0 Å². The van der Waals surface area contributed by atoms with E-state index in [1.54, 1.807) is 0 Å². The van der Waals surface area contributed by atoms with Crippen molar-refractivity contribution < 1.29 is 0 Å². The van der Waals surface area contributed by atoms with Gasteiger partial charge in [0.2, 0.25) is 0 Å². The Kier molecular flexibility index (Phi) is 5.11. The first kappa shape index (κ1) is 24.0. The largest absolute Gasteiger partial charge is 0.337 e. The molecule has 0 unspecified atom stereocenters. The van der Waals surface area contributed by atoms with Gasteiger partial charge in [-0.2, -0.15) is 0 Å². The fraction of sp³-hybridized carbons (Fsp3) is 0.0250. The van der Waals surface area contributed by atoms with Crippen LogP contribution in [0, 0.1) is 0 Å². The number of allylic oxidation sites excluding steroid dienone is 4. The molecule has 3 nitrogen and oxygen atoms in total. The number of fused-ring (bicyclic) bond motifs is 12. The van der Waals surface area contributed by atoms with Gasteiger partial charge in [-0.1, -0.05) is 110 Å². The average Bonchev–Trinajstić information content (AvgIpc) is 3.48. The van der Waals surface area contributed by atoms with E-state index in [2.05, 4.69) is 155 Å². The molecule has 0 saturated heterocycles. The van der Waals surface area contributed by atoms with Crippen LogP contribution in [0.15, 0.2) is 146 Å². The van der Waals surface area contributed by atoms with Crippen LogP contribution < -0.4 is 4.90 Å². The number of para-hydroxylation sites is 2. The molecule has 0 N–H and O–H groups in total. The fourth-order valence-corrected chi connectivity index (χ4v) is 6.84. The summed E-state index contributed by atoms with van der Waals surface area (Å²) >= 11 is 0. The molecule has 6 aromatic carbocycles. The fourth-order valence-electron chi connectivity index (χ4n) is 6.84. The highest BCUT2D eigenvalue weighted by molar-refractivity contribution is 6.16. The first-order chi connectivity index (χ1) is 21.2. The molecule has 43 heavy (non-hydrogen) atoms. The molecule has 2 aromatic heterocycles. The summed E-state index contributed by atoms with van der Waals surface area (Å²) in [6.45, 7) is 5.27. The van der Waals surface area contributed by atoms with Gasteiger partial charge in [-0.05, 0) is 68.9 Å². The molecule has 1 aliphatic rings. The number of aromatic nitrogens is 2. The first-order valence-electron chi connectivity index (χ1n) is 14.7. The molecule has 3 heterocycles. The van der Waals surface area contributed by atoms with Crippen molar-refractivity contribution in [2.24, 2.45) is 0 Å². The second kappa shape index (κ2) is 9.17. The molecule has 0 bridgehead atoms. The number of hydrogen-bond acceptors (Lipinski definition) is 2. The molecule has 0 radical (unpaired) electrons. The van der Waals surface area contributed by atoms with Crippen LogP contribution in [0.4, 0.5) is 11.4 Å². The minimum absolute atomic E-state index is 0.733. The van der Waals surface area contributed by atoms with Crippen LogP contribution in [0.5, 0.6) is 0 Å². The Morgan fingerprint density at radius 1 is 0.605 bits per heavy atom. The molecular formula is C40H27N3. The quantitative estimate of drug-likeness (QED) is 0.190. The molecule has 0 spiro atoms. The van der Waals surface area contributed by atoms with Gasteiger partial charge >= 0.3 is 0 Å². The summed E-state index contributed by atoms with van der Waals surface area (Å²) in [5, 5.41) is 8.57. The Balaban J connectivity index is 1.37. The Labute approximate surface area is 248 Å². The maximum Gasteiger partial charge on any atom is 0.146 e. The lowest BCUT2D eigenvalue weighted by Crippen LogP contribution is -2.18. The van der Waals surface area contributed by atoms with E-state index in [0.29, 0.717) is 0 Å². The minimum atomic E-state index is 0.733. The van der Waals surface area contributed by atoms with Gasteiger partial charge < -0.3 is 4.90 Å². The highest BCUT2D eigenvalue weighted by Crippen LogP contribution is 2.41. The zero-order valence-electron chi connectivity index (χ0n) is 23.5. The normalized spacial score (nSPS) is 15.3. The Morgan fingerprint density at radius 3 is 2.30 bits per heavy atom. The van der Waals surface area contributed by atoms with E-state index in [-0.39, 0.29) is 0 Å². The Hall–Kier alpha value is -5.67. The summed E-state index contributed by atoms with van der Waals surface area (Å²) in [5.41, 5.74) is 8.61. The maximum atomic E-state index is 5.11. The SMILES string of the molecule is C=C1/C=C\C=C/CN(c2ccc3c(ccc4ccccc43)c2)c2cc3c(cc21)c1ccccc1c1nc2ccccc2n31. The highest BCUT2D eigenvalue weighted by Gasteiger charge is 2.20. The van der Waals surface area contributed by atoms with E-state index in [4.69, 9.17) is 4.98 Å². The number of hydrogen-bond donors (Lipinski definition) is 0. The second-order valence-corrected chi connectivity index (χ2v) is 11.3. The van der Waals surface area contributed by atoms with Crippen molar-refractivity contribution in [3.63, 3.8) is 0 Å². The Bertz CT molecular complexity index is 2510. The zero-order chi connectivity index (χ0) is 28.5. The van der Waals surface area contributed by atoms with E-state index in [1.165, 1.54) is 32.3 Å². The summed E-state index contributed by atoms with van der Waals surface area (Å²) < 4.78 is 2.33. The van der Waals surface area contributed by atoms with Gasteiger partial charge in [0.05, 0.1) is 22.2 Å². The van der Waals surface area contributed by atoms with Crippen molar-refractivity contribution in [1.82, 2.24) is 9.38 Å². The van der Waals surface area contributed by atoms with Crippen LogP contribution in [-0.2, 0) is 0 Å². The Morgan fingerprint density at radius 2 is 1.37 bits per heavy atom. The monoisotopic (exact) mass is 549 g/mol. The van der Waals surface area contributed by atoms with Crippen molar-refractivity contribution in [3.05, 3.63) is 152 Å². The van der Waals surface area contributed by atoms with Crippen LogP contribution >= 0.6 is 0 Å². The summed E-state index contributed by atoms with van der Waals surface area (Å²) in [7, 11) is 0. The molecule has 202 valence electrons. The van der Waals surface area contributed by atoms with Crippen LogP contribution in [0.25, 0.3) is 65.5 Å². The lowest BCUT2D eigenvalue weighted by atomic mass is 9.97. The maximum absolute atomic E-state index is 5.11. The van der Waals surface area contributed by atoms with Crippen molar-refractivity contribution in [1.29, 1.82) is 0 Å². The molecule has 9 rings (SSSR count). The van der Waals surface area contributed by atoms with Crippen LogP contribution in [0.1, 0.15) is 5.56 Å². The molecule has 3 heteroatoms. The molecule has 1 aliphatic heterocycles. The van der Waals surface area contributed by atoms with Crippen LogP contribution in [0.3, 0.4) is 0 Å². The van der Waals surface area contributed by atoms with Gasteiger partial charge in [-0.3, -0.25) is 4.40 Å². The molecule has 0 fully saturated rings. The first-order valence-corrected chi connectivity index (χ1v) is 14.7. The van der Waals surface area contributed by atoms with Crippen LogP contribution in [0.2, 0.25) is 0 Å². The summed E-state index contributed by atoms with van der Waals surface area (Å²) in [6.07, 6.45) is 8.55. The third kappa shape index (κ3) is 3.58. The van der Waals surface area contributed by atoms with E-state index >= 15 is 0 Å². The number of nitrogens with zero attached hydrogens (tertiary/aromatic N) is 3. The van der Waals surface area contributed by atoms with Crippen molar-refractivity contribution in [2.75, 3.05) is 11.4 Å². The number of benzene rings is 6. The number of anilines is 2. The minimum Gasteiger partial charge on any atom is -0.337 e. The predicted octanol–water partition coefficient (Wildman–Crippen LogP) is 10.4. The molecular weight excluding hydrogens is 522 g/mol. The average molecular weight is 550 g/mol. The lowest BCUT2D eigenvalue weighted by Gasteiger charge is -2.28. The third-order valence-corrected chi connectivity index (χ3v) is 8.88. The smallest absolute Gasteiger partial charge is 0.146 e. The topological polar surface area (TPSA) is 20.5 Å². The number of pyridine rings is 1. The van der Waals surface area contributed by atoms with E-state index in [9.17, 15) is 0 Å². The van der Waals surface area contributed by atoms with Gasteiger partial charge in [-0.15, -0.1) is 0 Å². The van der Waals surface area contributed by atoms with Crippen molar-refractivity contribution >= 4 is 76.8 Å². The zero-order valence-corrected chi connectivity index (χ0v) is 23.5. The third-order valence-electron chi connectivity index (χ3n) is 8.88. The van der Waals surface area contributed by atoms with Gasteiger partial charge in [0.15, 0.2) is 0 Å². The van der Waals surface area contributed by atoms with Gasteiger partial charge in [0.1, 0.15) is 5.65 Å². The second-order valence-electron chi connectivity index (χ2n) is 11.3. The van der Waals surface area contributed by atoms with Crippen molar-refractivity contribution in [3.8, 4) is 0 Å². The summed E-state index contributed by atoms with van der Waals surface area (Å²) in [5.74, 6) is 0.